The maximum Gasteiger partial charge on any atom is 0.411 e. The Labute approximate surface area is 130 Å². The zero-order valence-corrected chi connectivity index (χ0v) is 13.2. The minimum atomic E-state index is -4.27. The van der Waals surface area contributed by atoms with E-state index in [0.717, 1.165) is 16.3 Å². The van der Waals surface area contributed by atoms with Gasteiger partial charge in [0.15, 0.2) is 0 Å². The van der Waals surface area contributed by atoms with E-state index in [-0.39, 0.29) is 11.4 Å². The van der Waals surface area contributed by atoms with Crippen LogP contribution in [0.5, 0.6) is 0 Å². The van der Waals surface area contributed by atoms with Gasteiger partial charge in [0.2, 0.25) is 0 Å². The molecule has 0 aliphatic rings. The monoisotopic (exact) mass is 360 g/mol. The molecule has 0 aliphatic heterocycles. The number of hydrogen-bond donors (Lipinski definition) is 0. The van der Waals surface area contributed by atoms with Crippen molar-refractivity contribution in [2.24, 2.45) is 0 Å². The van der Waals surface area contributed by atoms with Crippen molar-refractivity contribution in [2.75, 3.05) is 13.2 Å². The van der Waals surface area contributed by atoms with Crippen molar-refractivity contribution in [1.29, 1.82) is 0 Å². The highest BCUT2D eigenvalue weighted by molar-refractivity contribution is 9.09. The summed E-state index contributed by atoms with van der Waals surface area (Å²) in [6.07, 6.45) is -3.78. The summed E-state index contributed by atoms with van der Waals surface area (Å²) in [6.45, 7) is 0.917. The largest absolute Gasteiger partial charge is 0.411 e. The Morgan fingerprint density at radius 1 is 1.10 bits per heavy atom. The summed E-state index contributed by atoms with van der Waals surface area (Å²) >= 11 is 3.55. The van der Waals surface area contributed by atoms with Crippen LogP contribution in [0.3, 0.4) is 0 Å². The van der Waals surface area contributed by atoms with Crippen LogP contribution in [0, 0.1) is 6.92 Å². The molecule has 0 radical (unpaired) electrons. The Balaban J connectivity index is 2.06. The Hall–Kier alpha value is -1.07. The molecule has 1 atom stereocenters. The minimum absolute atomic E-state index is 0.0313. The fourth-order valence-electron chi connectivity index (χ4n) is 2.28. The van der Waals surface area contributed by atoms with Crippen molar-refractivity contribution in [2.45, 2.75) is 24.3 Å². The molecule has 5 heteroatoms. The van der Waals surface area contributed by atoms with Crippen LogP contribution in [-0.4, -0.2) is 19.4 Å². The smallest absolute Gasteiger partial charge is 0.372 e. The van der Waals surface area contributed by atoms with Crippen LogP contribution < -0.4 is 0 Å². The molecule has 0 bridgehead atoms. The third kappa shape index (κ3) is 4.45. The van der Waals surface area contributed by atoms with Gasteiger partial charge in [0.05, 0.1) is 0 Å². The van der Waals surface area contributed by atoms with Crippen LogP contribution in [0.2, 0.25) is 0 Å². The van der Waals surface area contributed by atoms with Crippen molar-refractivity contribution < 1.29 is 17.9 Å². The van der Waals surface area contributed by atoms with Gasteiger partial charge in [0, 0.05) is 11.4 Å². The zero-order valence-electron chi connectivity index (χ0n) is 11.6. The van der Waals surface area contributed by atoms with Gasteiger partial charge in [-0.05, 0) is 35.2 Å². The highest BCUT2D eigenvalue weighted by atomic mass is 79.9. The van der Waals surface area contributed by atoms with Gasteiger partial charge in [0.25, 0.3) is 0 Å². The van der Waals surface area contributed by atoms with E-state index in [1.807, 2.05) is 43.3 Å². The number of ether oxygens (including phenoxy) is 1. The standard InChI is InChI=1S/C16H16BrF3O/c1-11-6-7-14(13-5-3-2-4-12(11)13)15(17)8-9-21-10-16(18,19)20/h2-7,15H,8-10H2,1H3. The first-order valence-electron chi connectivity index (χ1n) is 6.65. The Bertz CT molecular complexity index is 610. The van der Waals surface area contributed by atoms with Crippen LogP contribution in [0.15, 0.2) is 36.4 Å². The SMILES string of the molecule is Cc1ccc(C(Br)CCOCC(F)(F)F)c2ccccc12. The average Bonchev–Trinajstić information content (AvgIpc) is 2.43. The summed E-state index contributed by atoms with van der Waals surface area (Å²) in [4.78, 5) is -0.0313. The van der Waals surface area contributed by atoms with Gasteiger partial charge in [0.1, 0.15) is 6.61 Å². The quantitative estimate of drug-likeness (QED) is 0.501. The molecule has 0 saturated carbocycles. The number of halogens is 4. The highest BCUT2D eigenvalue weighted by Gasteiger charge is 2.27. The van der Waals surface area contributed by atoms with Crippen LogP contribution in [-0.2, 0) is 4.74 Å². The Morgan fingerprint density at radius 3 is 2.43 bits per heavy atom. The first kappa shape index (κ1) is 16.3. The number of rotatable bonds is 5. The normalized spacial score (nSPS) is 13.6. The van der Waals surface area contributed by atoms with Gasteiger partial charge in [-0.1, -0.05) is 52.3 Å². The maximum atomic E-state index is 12.0. The molecule has 1 nitrogen and oxygen atoms in total. The molecule has 0 fully saturated rings. The fraction of sp³-hybridized carbons (Fsp3) is 0.375. The fourth-order valence-corrected chi connectivity index (χ4v) is 2.86. The maximum absolute atomic E-state index is 12.0. The van der Waals surface area contributed by atoms with Crippen LogP contribution in [0.4, 0.5) is 13.2 Å². The van der Waals surface area contributed by atoms with Crippen molar-refractivity contribution in [3.05, 3.63) is 47.5 Å². The second-order valence-electron chi connectivity index (χ2n) is 4.94. The minimum Gasteiger partial charge on any atom is -0.372 e. The molecule has 0 aromatic heterocycles. The molecule has 0 amide bonds. The van der Waals surface area contributed by atoms with Crippen molar-refractivity contribution in [3.8, 4) is 0 Å². The van der Waals surface area contributed by atoms with E-state index >= 15 is 0 Å². The number of fused-ring (bicyclic) bond motifs is 1. The molecule has 1 unspecified atom stereocenters. The Morgan fingerprint density at radius 2 is 1.76 bits per heavy atom. The van der Waals surface area contributed by atoms with E-state index in [1.54, 1.807) is 0 Å². The molecule has 2 aromatic rings. The number of hydrogen-bond acceptors (Lipinski definition) is 1. The molecule has 0 heterocycles. The summed E-state index contributed by atoms with van der Waals surface area (Å²) in [6, 6.07) is 12.1. The summed E-state index contributed by atoms with van der Waals surface area (Å²) in [7, 11) is 0. The van der Waals surface area contributed by atoms with E-state index in [0.29, 0.717) is 6.42 Å². The van der Waals surface area contributed by atoms with E-state index in [4.69, 9.17) is 0 Å². The molecule has 2 aromatic carbocycles. The third-order valence-electron chi connectivity index (χ3n) is 3.29. The average molecular weight is 361 g/mol. The first-order chi connectivity index (χ1) is 9.88. The lowest BCUT2D eigenvalue weighted by Gasteiger charge is -2.15. The summed E-state index contributed by atoms with van der Waals surface area (Å²) in [5.41, 5.74) is 2.26. The predicted octanol–water partition coefficient (Wildman–Crippen LogP) is 5.55. The second-order valence-corrected chi connectivity index (χ2v) is 6.05. The molecule has 0 N–H and O–H groups in total. The van der Waals surface area contributed by atoms with Gasteiger partial charge in [-0.3, -0.25) is 0 Å². The Kier molecular flexibility index (Phi) is 5.27. The zero-order chi connectivity index (χ0) is 15.5. The lowest BCUT2D eigenvalue weighted by molar-refractivity contribution is -0.174. The number of benzene rings is 2. The van der Waals surface area contributed by atoms with Crippen LogP contribution in [0.1, 0.15) is 22.4 Å². The molecule has 0 aliphatic carbocycles. The van der Waals surface area contributed by atoms with Crippen LogP contribution >= 0.6 is 15.9 Å². The van der Waals surface area contributed by atoms with Crippen molar-refractivity contribution >= 4 is 26.7 Å². The molecular weight excluding hydrogens is 345 g/mol. The van der Waals surface area contributed by atoms with Gasteiger partial charge in [-0.15, -0.1) is 0 Å². The second kappa shape index (κ2) is 6.79. The lowest BCUT2D eigenvalue weighted by atomic mass is 9.97. The number of alkyl halides is 4. The molecular formula is C16H16BrF3O. The van der Waals surface area contributed by atoms with Crippen molar-refractivity contribution in [3.63, 3.8) is 0 Å². The van der Waals surface area contributed by atoms with Crippen LogP contribution in [0.25, 0.3) is 10.8 Å². The molecule has 0 saturated heterocycles. The summed E-state index contributed by atoms with van der Waals surface area (Å²) in [5, 5.41) is 2.28. The van der Waals surface area contributed by atoms with E-state index in [9.17, 15) is 13.2 Å². The molecule has 114 valence electrons. The summed E-state index contributed by atoms with van der Waals surface area (Å²) in [5.74, 6) is 0. The van der Waals surface area contributed by atoms with Gasteiger partial charge < -0.3 is 4.74 Å². The van der Waals surface area contributed by atoms with E-state index in [1.165, 1.54) is 5.56 Å². The molecule has 0 spiro atoms. The molecule has 2 rings (SSSR count). The first-order valence-corrected chi connectivity index (χ1v) is 7.57. The summed E-state index contributed by atoms with van der Waals surface area (Å²) < 4.78 is 40.7. The number of aryl methyl sites for hydroxylation is 1. The van der Waals surface area contributed by atoms with Crippen molar-refractivity contribution in [1.82, 2.24) is 0 Å². The van der Waals surface area contributed by atoms with E-state index < -0.39 is 12.8 Å². The van der Waals surface area contributed by atoms with E-state index in [2.05, 4.69) is 20.7 Å². The third-order valence-corrected chi connectivity index (χ3v) is 4.25. The van der Waals surface area contributed by atoms with Gasteiger partial charge in [-0.25, -0.2) is 0 Å². The van der Waals surface area contributed by atoms with Gasteiger partial charge >= 0.3 is 6.18 Å². The molecule has 21 heavy (non-hydrogen) atoms. The highest BCUT2D eigenvalue weighted by Crippen LogP contribution is 2.33. The lowest BCUT2D eigenvalue weighted by Crippen LogP contribution is -2.17. The topological polar surface area (TPSA) is 9.23 Å². The van der Waals surface area contributed by atoms with Gasteiger partial charge in [-0.2, -0.15) is 13.2 Å². The predicted molar refractivity (Wildman–Crippen MR) is 81.8 cm³/mol.